The fourth-order valence-electron chi connectivity index (χ4n) is 2.62. The number of amides is 1. The van der Waals surface area contributed by atoms with Crippen molar-refractivity contribution in [3.63, 3.8) is 0 Å². The number of carboxylic acid groups (broad SMARTS) is 1. The zero-order chi connectivity index (χ0) is 11.5. The molecule has 2 aliphatic heterocycles. The Hall–Kier alpha value is -1.26. The number of likely N-dealkylation sites (tertiary alicyclic amines) is 2. The van der Waals surface area contributed by atoms with Gasteiger partial charge in [-0.05, 0) is 25.7 Å². The molecule has 2 saturated heterocycles. The van der Waals surface area contributed by atoms with E-state index in [1.807, 2.05) is 0 Å². The van der Waals surface area contributed by atoms with Gasteiger partial charge in [-0.15, -0.1) is 0 Å². The van der Waals surface area contributed by atoms with E-state index >= 15 is 0 Å². The van der Waals surface area contributed by atoms with E-state index in [1.54, 1.807) is 0 Å². The Morgan fingerprint density at radius 2 is 1.94 bits per heavy atom. The molecular weight excluding hydrogens is 206 g/mol. The highest BCUT2D eigenvalue weighted by atomic mass is 16.4. The highest BCUT2D eigenvalue weighted by molar-refractivity contribution is 5.80. The quantitative estimate of drug-likeness (QED) is 0.712. The third-order valence-corrected chi connectivity index (χ3v) is 3.59. The number of rotatable bonds is 1. The third kappa shape index (κ3) is 2.28. The molecule has 16 heavy (non-hydrogen) atoms. The summed E-state index contributed by atoms with van der Waals surface area (Å²) in [6, 6.07) is 0.392. The topological polar surface area (TPSA) is 67.6 Å². The van der Waals surface area contributed by atoms with Crippen LogP contribution in [0, 0.1) is 5.41 Å². The molecule has 5 nitrogen and oxygen atoms in total. The molecule has 0 aliphatic carbocycles. The molecule has 2 rings (SSSR count). The minimum absolute atomic E-state index is 0.392. The second-order valence-electron chi connectivity index (χ2n) is 4.60. The first-order valence-electron chi connectivity index (χ1n) is 6.00. The smallest absolute Gasteiger partial charge is 0.407 e. The van der Waals surface area contributed by atoms with Gasteiger partial charge in [-0.2, -0.15) is 0 Å². The molecule has 90 valence electrons. The molecule has 0 spiro atoms. The Balaban J connectivity index is 1.88. The summed E-state index contributed by atoms with van der Waals surface area (Å²) in [5.41, 5.74) is 0. The van der Waals surface area contributed by atoms with Crippen LogP contribution in [0.4, 0.5) is 4.79 Å². The molecule has 0 bridgehead atoms. The summed E-state index contributed by atoms with van der Waals surface area (Å²) in [7, 11) is 0. The molecule has 0 aromatic carbocycles. The Kier molecular flexibility index (Phi) is 3.31. The van der Waals surface area contributed by atoms with E-state index in [1.165, 1.54) is 11.3 Å². The Morgan fingerprint density at radius 3 is 2.50 bits per heavy atom. The number of carbonyl (C=O) groups is 1. The van der Waals surface area contributed by atoms with Crippen LogP contribution in [0.2, 0.25) is 0 Å². The van der Waals surface area contributed by atoms with Crippen molar-refractivity contribution in [2.75, 3.05) is 19.6 Å². The van der Waals surface area contributed by atoms with Crippen molar-refractivity contribution in [2.45, 2.75) is 38.1 Å². The Bertz CT molecular complexity index is 285. The summed E-state index contributed by atoms with van der Waals surface area (Å²) in [6.45, 7) is 2.21. The molecular formula is C11H19N3O2. The van der Waals surface area contributed by atoms with Crippen LogP contribution in [-0.2, 0) is 0 Å². The van der Waals surface area contributed by atoms with Gasteiger partial charge in [-0.3, -0.25) is 5.41 Å². The number of amidine groups is 1. The standard InChI is InChI=1S/C11H19N3O2/c12-10-3-1-2-6-14(10)9-4-7-13(8-5-9)11(15)16/h9,12H,1-8H2,(H,15,16). The van der Waals surface area contributed by atoms with Gasteiger partial charge in [0.2, 0.25) is 0 Å². The van der Waals surface area contributed by atoms with Crippen LogP contribution in [0.5, 0.6) is 0 Å². The van der Waals surface area contributed by atoms with Crippen LogP contribution in [0.25, 0.3) is 0 Å². The van der Waals surface area contributed by atoms with Crippen molar-refractivity contribution in [3.05, 3.63) is 0 Å². The maximum Gasteiger partial charge on any atom is 0.407 e. The van der Waals surface area contributed by atoms with E-state index in [0.717, 1.165) is 38.1 Å². The summed E-state index contributed by atoms with van der Waals surface area (Å²) in [4.78, 5) is 14.4. The monoisotopic (exact) mass is 225 g/mol. The Labute approximate surface area is 95.5 Å². The summed E-state index contributed by atoms with van der Waals surface area (Å²) in [5.74, 6) is 0.750. The van der Waals surface area contributed by atoms with Crippen LogP contribution in [0.15, 0.2) is 0 Å². The third-order valence-electron chi connectivity index (χ3n) is 3.59. The van der Waals surface area contributed by atoms with Crippen LogP contribution >= 0.6 is 0 Å². The lowest BCUT2D eigenvalue weighted by atomic mass is 9.99. The average Bonchev–Trinajstić information content (AvgIpc) is 2.30. The second-order valence-corrected chi connectivity index (χ2v) is 4.60. The van der Waals surface area contributed by atoms with Crippen LogP contribution in [-0.4, -0.2) is 52.5 Å². The highest BCUT2D eigenvalue weighted by Gasteiger charge is 2.28. The predicted molar refractivity (Wildman–Crippen MR) is 60.9 cm³/mol. The number of hydrogen-bond donors (Lipinski definition) is 2. The maximum atomic E-state index is 10.8. The van der Waals surface area contributed by atoms with E-state index in [9.17, 15) is 4.79 Å². The van der Waals surface area contributed by atoms with Crippen molar-refractivity contribution in [1.82, 2.24) is 9.80 Å². The number of nitrogens with one attached hydrogen (secondary N) is 1. The van der Waals surface area contributed by atoms with Crippen LogP contribution in [0.1, 0.15) is 32.1 Å². The molecule has 1 amide bonds. The van der Waals surface area contributed by atoms with Crippen molar-refractivity contribution >= 4 is 11.9 Å². The van der Waals surface area contributed by atoms with E-state index in [4.69, 9.17) is 10.5 Å². The normalized spacial score (nSPS) is 23.6. The lowest BCUT2D eigenvalue weighted by molar-refractivity contribution is 0.113. The molecule has 2 fully saturated rings. The number of piperidine rings is 2. The Morgan fingerprint density at radius 1 is 1.25 bits per heavy atom. The highest BCUT2D eigenvalue weighted by Crippen LogP contribution is 2.21. The van der Waals surface area contributed by atoms with Crippen LogP contribution in [0.3, 0.4) is 0 Å². The van der Waals surface area contributed by atoms with Gasteiger partial charge in [0, 0.05) is 32.1 Å². The molecule has 2 heterocycles. The van der Waals surface area contributed by atoms with E-state index < -0.39 is 6.09 Å². The molecule has 0 unspecified atom stereocenters. The molecule has 2 N–H and O–H groups in total. The van der Waals surface area contributed by atoms with Gasteiger partial charge < -0.3 is 14.9 Å². The summed E-state index contributed by atoms with van der Waals surface area (Å²) < 4.78 is 0. The van der Waals surface area contributed by atoms with E-state index in [-0.39, 0.29) is 0 Å². The fourth-order valence-corrected chi connectivity index (χ4v) is 2.62. The van der Waals surface area contributed by atoms with Gasteiger partial charge >= 0.3 is 6.09 Å². The van der Waals surface area contributed by atoms with Crippen molar-refractivity contribution in [1.29, 1.82) is 5.41 Å². The average molecular weight is 225 g/mol. The van der Waals surface area contributed by atoms with E-state index in [0.29, 0.717) is 19.1 Å². The largest absolute Gasteiger partial charge is 0.465 e. The first-order chi connectivity index (χ1) is 7.68. The van der Waals surface area contributed by atoms with Crippen molar-refractivity contribution in [2.24, 2.45) is 0 Å². The molecule has 0 atom stereocenters. The zero-order valence-electron chi connectivity index (χ0n) is 9.48. The molecule has 0 radical (unpaired) electrons. The summed E-state index contributed by atoms with van der Waals surface area (Å²) in [6.07, 6.45) is 4.11. The van der Waals surface area contributed by atoms with Gasteiger partial charge in [0.15, 0.2) is 0 Å². The van der Waals surface area contributed by atoms with Gasteiger partial charge in [0.1, 0.15) is 0 Å². The summed E-state index contributed by atoms with van der Waals surface area (Å²) in [5, 5.41) is 16.8. The van der Waals surface area contributed by atoms with Gasteiger partial charge in [-0.1, -0.05) is 0 Å². The van der Waals surface area contributed by atoms with Crippen LogP contribution < -0.4 is 0 Å². The molecule has 0 aromatic heterocycles. The number of nitrogens with zero attached hydrogens (tertiary/aromatic N) is 2. The first kappa shape index (κ1) is 11.2. The zero-order valence-corrected chi connectivity index (χ0v) is 9.48. The summed E-state index contributed by atoms with van der Waals surface area (Å²) >= 11 is 0. The van der Waals surface area contributed by atoms with Gasteiger partial charge in [0.05, 0.1) is 5.84 Å². The SMILES string of the molecule is N=C1CCCCN1C1CCN(C(=O)O)CC1. The molecule has 0 aromatic rings. The minimum atomic E-state index is -0.813. The van der Waals surface area contributed by atoms with Gasteiger partial charge in [0.25, 0.3) is 0 Å². The van der Waals surface area contributed by atoms with Crippen molar-refractivity contribution in [3.8, 4) is 0 Å². The first-order valence-corrected chi connectivity index (χ1v) is 6.00. The fraction of sp³-hybridized carbons (Fsp3) is 0.818. The molecule has 2 aliphatic rings. The minimum Gasteiger partial charge on any atom is -0.465 e. The lowest BCUT2D eigenvalue weighted by Crippen LogP contribution is -2.49. The van der Waals surface area contributed by atoms with E-state index in [2.05, 4.69) is 4.90 Å². The second kappa shape index (κ2) is 4.72. The number of hydrogen-bond acceptors (Lipinski definition) is 2. The molecule has 0 saturated carbocycles. The lowest BCUT2D eigenvalue weighted by Gasteiger charge is -2.40. The predicted octanol–water partition coefficient (Wildman–Crippen LogP) is 1.59. The van der Waals surface area contributed by atoms with Crippen molar-refractivity contribution < 1.29 is 9.90 Å². The maximum absolute atomic E-state index is 10.8. The van der Waals surface area contributed by atoms with Gasteiger partial charge in [-0.25, -0.2) is 4.79 Å². The molecule has 5 heteroatoms.